The number of aromatic nitrogens is 2. The molecule has 1 saturated heterocycles. The number of nitrogens with two attached hydrogens (primary N) is 1. The second-order valence-corrected chi connectivity index (χ2v) is 6.37. The molecule has 0 aromatic carbocycles. The minimum absolute atomic E-state index is 0.0817. The number of rotatable bonds is 3. The lowest BCUT2D eigenvalue weighted by molar-refractivity contribution is 0.224. The zero-order chi connectivity index (χ0) is 13.3. The normalized spacial score (nSPS) is 25.8. The van der Waals surface area contributed by atoms with Gasteiger partial charge in [-0.1, -0.05) is 20.8 Å². The molecule has 1 aliphatic rings. The highest BCUT2D eigenvalue weighted by Gasteiger charge is 2.30. The van der Waals surface area contributed by atoms with Gasteiger partial charge in [-0.2, -0.15) is 0 Å². The predicted molar refractivity (Wildman–Crippen MR) is 70.0 cm³/mol. The van der Waals surface area contributed by atoms with E-state index < -0.39 is 0 Å². The van der Waals surface area contributed by atoms with Crippen molar-refractivity contribution >= 4 is 0 Å². The van der Waals surface area contributed by atoms with Crippen LogP contribution in [0.1, 0.15) is 45.9 Å². The van der Waals surface area contributed by atoms with Gasteiger partial charge < -0.3 is 10.2 Å². The smallest absolute Gasteiger partial charge is 0.230 e. The first kappa shape index (κ1) is 13.5. The summed E-state index contributed by atoms with van der Waals surface area (Å²) in [6.07, 6.45) is 1.16. The van der Waals surface area contributed by atoms with Crippen molar-refractivity contribution in [3.05, 3.63) is 11.8 Å². The fraction of sp³-hybridized carbons (Fsp3) is 0.846. The van der Waals surface area contributed by atoms with Crippen molar-refractivity contribution in [1.29, 1.82) is 0 Å². The molecule has 0 saturated carbocycles. The maximum absolute atomic E-state index is 5.73. The zero-order valence-electron chi connectivity index (χ0n) is 11.8. The quantitative estimate of drug-likeness (QED) is 0.883. The molecular formula is C13H24N4O. The Morgan fingerprint density at radius 2 is 2.11 bits per heavy atom. The van der Waals surface area contributed by atoms with Gasteiger partial charge in [-0.05, 0) is 25.8 Å². The van der Waals surface area contributed by atoms with Crippen molar-refractivity contribution in [2.24, 2.45) is 11.7 Å². The average Bonchev–Trinajstić information content (AvgIpc) is 2.86. The van der Waals surface area contributed by atoms with E-state index in [4.69, 9.17) is 10.2 Å². The van der Waals surface area contributed by atoms with Crippen LogP contribution < -0.4 is 5.73 Å². The molecule has 2 unspecified atom stereocenters. The Morgan fingerprint density at radius 3 is 2.61 bits per heavy atom. The lowest BCUT2D eigenvalue weighted by Crippen LogP contribution is -2.27. The molecule has 1 aromatic rings. The largest absolute Gasteiger partial charge is 0.423 e. The lowest BCUT2D eigenvalue weighted by atomic mass is 9.97. The molecule has 102 valence electrons. The van der Waals surface area contributed by atoms with Crippen LogP contribution in [0.5, 0.6) is 0 Å². The minimum Gasteiger partial charge on any atom is -0.423 e. The summed E-state index contributed by atoms with van der Waals surface area (Å²) in [5, 5.41) is 8.27. The van der Waals surface area contributed by atoms with Crippen LogP contribution in [0.2, 0.25) is 0 Å². The van der Waals surface area contributed by atoms with Crippen LogP contribution in [-0.4, -0.2) is 34.2 Å². The van der Waals surface area contributed by atoms with Gasteiger partial charge in [0.15, 0.2) is 0 Å². The molecule has 2 rings (SSSR count). The molecule has 1 fully saturated rings. The molecular weight excluding hydrogens is 228 g/mol. The highest BCUT2D eigenvalue weighted by atomic mass is 16.4. The maximum Gasteiger partial charge on any atom is 0.230 e. The summed E-state index contributed by atoms with van der Waals surface area (Å²) in [4.78, 5) is 2.37. The van der Waals surface area contributed by atoms with Gasteiger partial charge in [-0.15, -0.1) is 10.2 Å². The molecule has 18 heavy (non-hydrogen) atoms. The van der Waals surface area contributed by atoms with Gasteiger partial charge in [0.25, 0.3) is 0 Å². The maximum atomic E-state index is 5.73. The average molecular weight is 252 g/mol. The number of nitrogens with zero attached hydrogens (tertiary/aromatic N) is 3. The molecule has 0 amide bonds. The summed E-state index contributed by atoms with van der Waals surface area (Å²) in [5.74, 6) is 2.02. The third-order valence-electron chi connectivity index (χ3n) is 3.57. The van der Waals surface area contributed by atoms with Crippen LogP contribution in [0.25, 0.3) is 0 Å². The molecule has 1 aliphatic heterocycles. The van der Waals surface area contributed by atoms with Crippen LogP contribution in [0.3, 0.4) is 0 Å². The molecule has 0 bridgehead atoms. The Kier molecular flexibility index (Phi) is 3.73. The van der Waals surface area contributed by atoms with Crippen molar-refractivity contribution in [2.75, 3.05) is 13.1 Å². The first-order chi connectivity index (χ1) is 8.40. The summed E-state index contributed by atoms with van der Waals surface area (Å²) in [7, 11) is 0. The summed E-state index contributed by atoms with van der Waals surface area (Å²) in [6, 6.07) is 0.545. The molecule has 5 heteroatoms. The standard InChI is InChI=1S/C13H24N4O/c1-9-5-10(6-14)7-17(9)8-11-15-16-12(18-11)13(2,3)4/h9-10H,5-8,14H2,1-4H3. The Morgan fingerprint density at radius 1 is 1.39 bits per heavy atom. The van der Waals surface area contributed by atoms with Gasteiger partial charge in [-0.25, -0.2) is 0 Å². The van der Waals surface area contributed by atoms with Crippen molar-refractivity contribution in [3.63, 3.8) is 0 Å². The van der Waals surface area contributed by atoms with Crippen LogP contribution in [0, 0.1) is 5.92 Å². The molecule has 2 atom stereocenters. The minimum atomic E-state index is -0.0817. The van der Waals surface area contributed by atoms with Crippen molar-refractivity contribution in [2.45, 2.75) is 52.1 Å². The highest BCUT2D eigenvalue weighted by Crippen LogP contribution is 2.25. The number of likely N-dealkylation sites (tertiary alicyclic amines) is 1. The topological polar surface area (TPSA) is 68.2 Å². The molecule has 2 N–H and O–H groups in total. The fourth-order valence-electron chi connectivity index (χ4n) is 2.40. The van der Waals surface area contributed by atoms with E-state index in [-0.39, 0.29) is 5.41 Å². The van der Waals surface area contributed by atoms with E-state index in [1.54, 1.807) is 0 Å². The second-order valence-electron chi connectivity index (χ2n) is 6.37. The second kappa shape index (κ2) is 4.97. The highest BCUT2D eigenvalue weighted by molar-refractivity contribution is 4.96. The third-order valence-corrected chi connectivity index (χ3v) is 3.57. The van der Waals surface area contributed by atoms with Crippen LogP contribution in [0.4, 0.5) is 0 Å². The Bertz CT molecular complexity index is 396. The molecule has 0 radical (unpaired) electrons. The van der Waals surface area contributed by atoms with Crippen molar-refractivity contribution < 1.29 is 4.42 Å². The third kappa shape index (κ3) is 2.90. The predicted octanol–water partition coefficient (Wildman–Crippen LogP) is 1.54. The van der Waals surface area contributed by atoms with E-state index >= 15 is 0 Å². The van der Waals surface area contributed by atoms with Crippen LogP contribution in [0.15, 0.2) is 4.42 Å². The van der Waals surface area contributed by atoms with E-state index in [0.29, 0.717) is 23.7 Å². The first-order valence-electron chi connectivity index (χ1n) is 6.67. The summed E-state index contributed by atoms with van der Waals surface area (Å²) >= 11 is 0. The monoisotopic (exact) mass is 252 g/mol. The summed E-state index contributed by atoms with van der Waals surface area (Å²) in [6.45, 7) is 11.0. The van der Waals surface area contributed by atoms with Crippen LogP contribution in [-0.2, 0) is 12.0 Å². The molecule has 5 nitrogen and oxygen atoms in total. The SMILES string of the molecule is CC1CC(CN)CN1Cc1nnc(C(C)(C)C)o1. The summed E-state index contributed by atoms with van der Waals surface area (Å²) < 4.78 is 5.73. The number of hydrogen-bond acceptors (Lipinski definition) is 5. The number of hydrogen-bond donors (Lipinski definition) is 1. The van der Waals surface area contributed by atoms with Gasteiger partial charge in [-0.3, -0.25) is 4.90 Å². The van der Waals surface area contributed by atoms with Crippen LogP contribution >= 0.6 is 0 Å². The van der Waals surface area contributed by atoms with Crippen molar-refractivity contribution in [3.8, 4) is 0 Å². The molecule has 1 aromatic heterocycles. The van der Waals surface area contributed by atoms with Gasteiger partial charge in [0.1, 0.15) is 0 Å². The fourth-order valence-corrected chi connectivity index (χ4v) is 2.40. The zero-order valence-corrected chi connectivity index (χ0v) is 11.8. The molecule has 0 spiro atoms. The van der Waals surface area contributed by atoms with E-state index in [0.717, 1.165) is 26.1 Å². The van der Waals surface area contributed by atoms with E-state index in [2.05, 4.69) is 42.8 Å². The molecule has 0 aliphatic carbocycles. The first-order valence-corrected chi connectivity index (χ1v) is 6.67. The van der Waals surface area contributed by atoms with E-state index in [9.17, 15) is 0 Å². The van der Waals surface area contributed by atoms with Gasteiger partial charge in [0.05, 0.1) is 6.54 Å². The van der Waals surface area contributed by atoms with Gasteiger partial charge in [0, 0.05) is 18.0 Å². The Hall–Kier alpha value is -0.940. The molecule has 2 heterocycles. The summed E-state index contributed by atoms with van der Waals surface area (Å²) in [5.41, 5.74) is 5.65. The van der Waals surface area contributed by atoms with E-state index in [1.165, 1.54) is 0 Å². The van der Waals surface area contributed by atoms with Gasteiger partial charge >= 0.3 is 0 Å². The van der Waals surface area contributed by atoms with Gasteiger partial charge in [0.2, 0.25) is 11.8 Å². The Labute approximate surface area is 109 Å². The van der Waals surface area contributed by atoms with E-state index in [1.807, 2.05) is 0 Å². The lowest BCUT2D eigenvalue weighted by Gasteiger charge is -2.18. The Balaban J connectivity index is 2.00. The van der Waals surface area contributed by atoms with Crippen molar-refractivity contribution in [1.82, 2.24) is 15.1 Å².